The van der Waals surface area contributed by atoms with E-state index in [1.54, 1.807) is 24.4 Å². The molecule has 0 spiro atoms. The van der Waals surface area contributed by atoms with Gasteiger partial charge >= 0.3 is 5.97 Å². The van der Waals surface area contributed by atoms with E-state index in [4.69, 9.17) is 4.74 Å². The Labute approximate surface area is 137 Å². The van der Waals surface area contributed by atoms with Crippen molar-refractivity contribution in [2.24, 2.45) is 0 Å². The molecular formula is C20H21NO2. The van der Waals surface area contributed by atoms with Gasteiger partial charge in [-0.1, -0.05) is 42.5 Å². The topological polar surface area (TPSA) is 39.2 Å². The minimum Gasteiger partial charge on any atom is -0.453 e. The van der Waals surface area contributed by atoms with E-state index in [-0.39, 0.29) is 12.1 Å². The van der Waals surface area contributed by atoms with Crippen LogP contribution in [0.2, 0.25) is 0 Å². The molecule has 2 aromatic rings. The van der Waals surface area contributed by atoms with Crippen LogP contribution in [-0.4, -0.2) is 17.1 Å². The molecule has 1 aromatic heterocycles. The number of carbonyl (C=O) groups is 1. The van der Waals surface area contributed by atoms with Crippen molar-refractivity contribution in [2.75, 3.05) is 0 Å². The molecule has 118 valence electrons. The lowest BCUT2D eigenvalue weighted by atomic mass is 10.1. The summed E-state index contributed by atoms with van der Waals surface area (Å²) in [7, 11) is 0. The molecule has 1 aromatic carbocycles. The van der Waals surface area contributed by atoms with Crippen molar-refractivity contribution in [1.29, 1.82) is 0 Å². The van der Waals surface area contributed by atoms with E-state index in [9.17, 15) is 4.79 Å². The molecule has 1 unspecified atom stereocenters. The fraction of sp³-hybridized carbons (Fsp3) is 0.300. The number of benzene rings is 1. The number of aryl methyl sites for hydroxylation is 1. The highest BCUT2D eigenvalue weighted by atomic mass is 16.5. The van der Waals surface area contributed by atoms with Gasteiger partial charge in [0.2, 0.25) is 0 Å². The van der Waals surface area contributed by atoms with Gasteiger partial charge in [-0.05, 0) is 55.4 Å². The Morgan fingerprint density at radius 3 is 2.78 bits per heavy atom. The van der Waals surface area contributed by atoms with Gasteiger partial charge in [-0.15, -0.1) is 0 Å². The van der Waals surface area contributed by atoms with E-state index >= 15 is 0 Å². The lowest BCUT2D eigenvalue weighted by Crippen LogP contribution is -2.17. The Bertz CT molecular complexity index is 665. The maximum atomic E-state index is 12.1. The van der Waals surface area contributed by atoms with Gasteiger partial charge < -0.3 is 4.74 Å². The molecule has 23 heavy (non-hydrogen) atoms. The van der Waals surface area contributed by atoms with E-state index in [0.29, 0.717) is 5.69 Å². The van der Waals surface area contributed by atoms with Gasteiger partial charge in [0.05, 0.1) is 0 Å². The number of rotatable bonds is 5. The van der Waals surface area contributed by atoms with Crippen molar-refractivity contribution in [3.05, 3.63) is 77.6 Å². The Kier molecular flexibility index (Phi) is 5.20. The molecule has 3 rings (SSSR count). The minimum atomic E-state index is -0.327. The summed E-state index contributed by atoms with van der Waals surface area (Å²) in [4.78, 5) is 16.2. The summed E-state index contributed by atoms with van der Waals surface area (Å²) in [6.45, 7) is 0. The second kappa shape index (κ2) is 7.73. The second-order valence-corrected chi connectivity index (χ2v) is 5.80. The summed E-state index contributed by atoms with van der Waals surface area (Å²) in [5.74, 6) is -0.327. The fourth-order valence-electron chi connectivity index (χ4n) is 2.95. The average molecular weight is 307 g/mol. The van der Waals surface area contributed by atoms with Crippen LogP contribution in [0, 0.1) is 0 Å². The highest BCUT2D eigenvalue weighted by molar-refractivity contribution is 5.87. The molecule has 3 nitrogen and oxygen atoms in total. The van der Waals surface area contributed by atoms with Gasteiger partial charge in [0.15, 0.2) is 0 Å². The molecule has 1 fully saturated rings. The predicted molar refractivity (Wildman–Crippen MR) is 90.1 cm³/mol. The van der Waals surface area contributed by atoms with Crippen molar-refractivity contribution in [3.8, 4) is 0 Å². The zero-order valence-corrected chi connectivity index (χ0v) is 13.2. The van der Waals surface area contributed by atoms with E-state index < -0.39 is 0 Å². The molecule has 0 aliphatic heterocycles. The number of hydrogen-bond acceptors (Lipinski definition) is 3. The van der Waals surface area contributed by atoms with Crippen LogP contribution in [-0.2, 0) is 11.2 Å². The molecule has 1 saturated carbocycles. The van der Waals surface area contributed by atoms with Gasteiger partial charge in [0.1, 0.15) is 11.8 Å². The highest BCUT2D eigenvalue weighted by Gasteiger charge is 2.25. The SMILES string of the molecule is O=C(OC1CCC/C1=C\CCc1ccccc1)c1ccccn1. The van der Waals surface area contributed by atoms with E-state index in [0.717, 1.165) is 32.1 Å². The average Bonchev–Trinajstić information content (AvgIpc) is 3.04. The van der Waals surface area contributed by atoms with Gasteiger partial charge in [-0.25, -0.2) is 9.78 Å². The standard InChI is InChI=1S/C20H21NO2/c22-20(18-13-4-5-15-21-18)23-19-14-7-12-17(19)11-6-10-16-8-2-1-3-9-16/h1-5,8-9,11,13,15,19H,6-7,10,12,14H2/b17-11+. The molecule has 0 saturated heterocycles. The zero-order valence-electron chi connectivity index (χ0n) is 13.2. The van der Waals surface area contributed by atoms with E-state index in [1.165, 1.54) is 11.1 Å². The molecule has 0 radical (unpaired) electrons. The molecular weight excluding hydrogens is 286 g/mol. The third kappa shape index (κ3) is 4.28. The number of nitrogens with zero attached hydrogens (tertiary/aromatic N) is 1. The van der Waals surface area contributed by atoms with Crippen LogP contribution in [0.25, 0.3) is 0 Å². The fourth-order valence-corrected chi connectivity index (χ4v) is 2.95. The lowest BCUT2D eigenvalue weighted by Gasteiger charge is -2.13. The number of hydrogen-bond donors (Lipinski definition) is 0. The molecule has 0 N–H and O–H groups in total. The maximum Gasteiger partial charge on any atom is 0.357 e. The molecule has 1 heterocycles. The molecule has 3 heteroatoms. The number of ether oxygens (including phenoxy) is 1. The Hall–Kier alpha value is -2.42. The number of esters is 1. The van der Waals surface area contributed by atoms with Crippen molar-refractivity contribution < 1.29 is 9.53 Å². The van der Waals surface area contributed by atoms with Crippen molar-refractivity contribution in [3.63, 3.8) is 0 Å². The second-order valence-electron chi connectivity index (χ2n) is 5.80. The first-order valence-electron chi connectivity index (χ1n) is 8.18. The summed E-state index contributed by atoms with van der Waals surface area (Å²) in [6.07, 6.45) is 8.79. The first kappa shape index (κ1) is 15.5. The highest BCUT2D eigenvalue weighted by Crippen LogP contribution is 2.28. The molecule has 1 aliphatic rings. The predicted octanol–water partition coefficient (Wildman–Crippen LogP) is 4.35. The van der Waals surface area contributed by atoms with Crippen LogP contribution < -0.4 is 0 Å². The van der Waals surface area contributed by atoms with Crippen LogP contribution in [0.15, 0.2) is 66.4 Å². The number of aromatic nitrogens is 1. The normalized spacial score (nSPS) is 19.0. The van der Waals surface area contributed by atoms with Crippen molar-refractivity contribution in [1.82, 2.24) is 4.98 Å². The molecule has 0 bridgehead atoms. The first-order valence-corrected chi connectivity index (χ1v) is 8.18. The van der Waals surface area contributed by atoms with Gasteiger partial charge in [0, 0.05) is 6.20 Å². The van der Waals surface area contributed by atoms with Crippen LogP contribution in [0.1, 0.15) is 41.7 Å². The first-order chi connectivity index (χ1) is 11.3. The largest absolute Gasteiger partial charge is 0.453 e. The number of allylic oxidation sites excluding steroid dienone is 1. The van der Waals surface area contributed by atoms with Gasteiger partial charge in [-0.2, -0.15) is 0 Å². The zero-order chi connectivity index (χ0) is 15.9. The lowest BCUT2D eigenvalue weighted by molar-refractivity contribution is 0.0378. The Balaban J connectivity index is 1.57. The Morgan fingerprint density at radius 1 is 1.17 bits per heavy atom. The summed E-state index contributed by atoms with van der Waals surface area (Å²) in [5, 5.41) is 0. The van der Waals surface area contributed by atoms with E-state index in [2.05, 4.69) is 35.3 Å². The summed E-state index contributed by atoms with van der Waals surface area (Å²) in [5.41, 5.74) is 2.97. The third-order valence-corrected chi connectivity index (χ3v) is 4.15. The summed E-state index contributed by atoms with van der Waals surface area (Å²) in [6, 6.07) is 15.7. The monoisotopic (exact) mass is 307 g/mol. The third-order valence-electron chi connectivity index (χ3n) is 4.15. The van der Waals surface area contributed by atoms with Crippen molar-refractivity contribution in [2.45, 2.75) is 38.2 Å². The smallest absolute Gasteiger partial charge is 0.357 e. The van der Waals surface area contributed by atoms with Gasteiger partial charge in [-0.3, -0.25) is 0 Å². The number of pyridine rings is 1. The van der Waals surface area contributed by atoms with Crippen LogP contribution in [0.4, 0.5) is 0 Å². The maximum absolute atomic E-state index is 12.1. The van der Waals surface area contributed by atoms with Crippen LogP contribution >= 0.6 is 0 Å². The minimum absolute atomic E-state index is 0.0831. The Morgan fingerprint density at radius 2 is 2.00 bits per heavy atom. The van der Waals surface area contributed by atoms with E-state index in [1.807, 2.05) is 6.07 Å². The quantitative estimate of drug-likeness (QED) is 0.609. The number of carbonyl (C=O) groups excluding carboxylic acids is 1. The van der Waals surface area contributed by atoms with Crippen LogP contribution in [0.3, 0.4) is 0 Å². The van der Waals surface area contributed by atoms with Gasteiger partial charge in [0.25, 0.3) is 0 Å². The molecule has 1 atom stereocenters. The summed E-state index contributed by atoms with van der Waals surface area (Å²) >= 11 is 0. The van der Waals surface area contributed by atoms with Crippen LogP contribution in [0.5, 0.6) is 0 Å². The summed E-state index contributed by atoms with van der Waals surface area (Å²) < 4.78 is 5.64. The molecule has 1 aliphatic carbocycles. The van der Waals surface area contributed by atoms with Crippen molar-refractivity contribution >= 4 is 5.97 Å². The molecule has 0 amide bonds.